The fourth-order valence-corrected chi connectivity index (χ4v) is 2.34. The second kappa shape index (κ2) is 8.36. The molecule has 98 valence electrons. The summed E-state index contributed by atoms with van der Waals surface area (Å²) in [6, 6.07) is 0. The third-order valence-corrected chi connectivity index (χ3v) is 3.56. The molecule has 17 heavy (non-hydrogen) atoms. The molecule has 1 atom stereocenters. The van der Waals surface area contributed by atoms with Crippen LogP contribution in [0.15, 0.2) is 0 Å². The van der Waals surface area contributed by atoms with Crippen LogP contribution in [0.5, 0.6) is 0 Å². The summed E-state index contributed by atoms with van der Waals surface area (Å²) in [5, 5.41) is 2.84. The molecule has 1 fully saturated rings. The molecular formula is C11H20N2O3S. The molecule has 1 aliphatic heterocycles. The van der Waals surface area contributed by atoms with E-state index in [1.165, 1.54) is 18.2 Å². The van der Waals surface area contributed by atoms with Crippen LogP contribution in [-0.2, 0) is 14.3 Å². The van der Waals surface area contributed by atoms with E-state index in [1.807, 2.05) is 0 Å². The van der Waals surface area contributed by atoms with Crippen molar-refractivity contribution in [3.63, 3.8) is 0 Å². The van der Waals surface area contributed by atoms with Crippen LogP contribution >= 0.6 is 11.8 Å². The third kappa shape index (κ3) is 7.23. The second-order valence-electron chi connectivity index (χ2n) is 4.18. The maximum Gasteiger partial charge on any atom is 0.230 e. The van der Waals surface area contributed by atoms with Gasteiger partial charge < -0.3 is 15.8 Å². The Labute approximate surface area is 106 Å². The van der Waals surface area contributed by atoms with Crippen molar-refractivity contribution in [1.82, 2.24) is 5.32 Å². The van der Waals surface area contributed by atoms with Crippen LogP contribution in [0.4, 0.5) is 0 Å². The topological polar surface area (TPSA) is 81.4 Å². The molecule has 5 nitrogen and oxygen atoms in total. The summed E-state index contributed by atoms with van der Waals surface area (Å²) < 4.78 is 5.36. The summed E-state index contributed by atoms with van der Waals surface area (Å²) in [5.41, 5.74) is 4.97. The standard InChI is InChI=1S/C11H20N2O3S/c12-10(14)7-17-8-11(15)13-4-3-9-2-1-5-16-6-9/h9H,1-8H2,(H2,12,14)(H,13,15)/t9-/m0/s1. The van der Waals surface area contributed by atoms with Gasteiger partial charge in [-0.1, -0.05) is 0 Å². The lowest BCUT2D eigenvalue weighted by Crippen LogP contribution is -2.29. The summed E-state index contributed by atoms with van der Waals surface area (Å²) in [7, 11) is 0. The van der Waals surface area contributed by atoms with Gasteiger partial charge in [0.15, 0.2) is 0 Å². The highest BCUT2D eigenvalue weighted by molar-refractivity contribution is 8.00. The van der Waals surface area contributed by atoms with Crippen LogP contribution < -0.4 is 11.1 Å². The Hall–Kier alpha value is -0.750. The number of rotatable bonds is 7. The average molecular weight is 260 g/mol. The number of carbonyl (C=O) groups is 2. The van der Waals surface area contributed by atoms with E-state index in [4.69, 9.17) is 10.5 Å². The van der Waals surface area contributed by atoms with E-state index in [9.17, 15) is 9.59 Å². The molecule has 1 saturated heterocycles. The van der Waals surface area contributed by atoms with Gasteiger partial charge in [-0.15, -0.1) is 11.8 Å². The molecule has 6 heteroatoms. The van der Waals surface area contributed by atoms with Crippen molar-refractivity contribution >= 4 is 23.6 Å². The van der Waals surface area contributed by atoms with Gasteiger partial charge in [0, 0.05) is 19.8 Å². The number of hydrogen-bond acceptors (Lipinski definition) is 4. The van der Waals surface area contributed by atoms with E-state index in [0.717, 1.165) is 26.1 Å². The highest BCUT2D eigenvalue weighted by Gasteiger charge is 2.13. The van der Waals surface area contributed by atoms with Crippen LogP contribution in [0.2, 0.25) is 0 Å². The predicted molar refractivity (Wildman–Crippen MR) is 67.7 cm³/mol. The lowest BCUT2D eigenvalue weighted by molar-refractivity contribution is -0.118. The minimum Gasteiger partial charge on any atom is -0.381 e. The van der Waals surface area contributed by atoms with E-state index in [0.29, 0.717) is 18.2 Å². The van der Waals surface area contributed by atoms with Gasteiger partial charge >= 0.3 is 0 Å². The Balaban J connectivity index is 1.97. The molecule has 0 aliphatic carbocycles. The minimum absolute atomic E-state index is 0.0343. The summed E-state index contributed by atoms with van der Waals surface area (Å²) >= 11 is 1.24. The average Bonchev–Trinajstić information content (AvgIpc) is 2.30. The Morgan fingerprint density at radius 3 is 2.88 bits per heavy atom. The number of hydrogen-bond donors (Lipinski definition) is 2. The Morgan fingerprint density at radius 2 is 2.24 bits per heavy atom. The number of amides is 2. The van der Waals surface area contributed by atoms with Crippen LogP contribution in [0.25, 0.3) is 0 Å². The molecule has 0 spiro atoms. The van der Waals surface area contributed by atoms with E-state index in [-0.39, 0.29) is 17.6 Å². The largest absolute Gasteiger partial charge is 0.381 e. The van der Waals surface area contributed by atoms with Crippen LogP contribution in [0, 0.1) is 5.92 Å². The zero-order valence-corrected chi connectivity index (χ0v) is 10.8. The summed E-state index contributed by atoms with van der Waals surface area (Å²) in [6.07, 6.45) is 3.27. The molecule has 1 aliphatic rings. The SMILES string of the molecule is NC(=O)CSCC(=O)NCC[C@@H]1CCCOC1. The summed E-state index contributed by atoms with van der Waals surface area (Å²) in [6.45, 7) is 2.36. The first-order valence-electron chi connectivity index (χ1n) is 5.89. The van der Waals surface area contributed by atoms with Gasteiger partial charge in [-0.05, 0) is 25.2 Å². The predicted octanol–water partition coefficient (Wildman–Crippen LogP) is 0.138. The Bertz CT molecular complexity index is 255. The Kier molecular flexibility index (Phi) is 7.04. The van der Waals surface area contributed by atoms with Gasteiger partial charge in [-0.25, -0.2) is 0 Å². The molecule has 0 unspecified atom stereocenters. The molecule has 1 rings (SSSR count). The van der Waals surface area contributed by atoms with Gasteiger partial charge in [-0.3, -0.25) is 9.59 Å². The van der Waals surface area contributed by atoms with E-state index in [2.05, 4.69) is 5.32 Å². The van der Waals surface area contributed by atoms with Crippen molar-refractivity contribution in [3.05, 3.63) is 0 Å². The van der Waals surface area contributed by atoms with E-state index >= 15 is 0 Å². The fourth-order valence-electron chi connectivity index (χ4n) is 1.75. The van der Waals surface area contributed by atoms with Crippen molar-refractivity contribution in [3.8, 4) is 0 Å². The first-order chi connectivity index (χ1) is 8.18. The van der Waals surface area contributed by atoms with Gasteiger partial charge in [0.2, 0.25) is 11.8 Å². The number of nitrogens with two attached hydrogens (primary N) is 1. The van der Waals surface area contributed by atoms with Gasteiger partial charge in [0.25, 0.3) is 0 Å². The number of nitrogens with one attached hydrogen (secondary N) is 1. The van der Waals surface area contributed by atoms with Gasteiger partial charge in [0.1, 0.15) is 0 Å². The molecule has 2 amide bonds. The van der Waals surface area contributed by atoms with Crippen LogP contribution in [0.1, 0.15) is 19.3 Å². The molecule has 0 aromatic carbocycles. The second-order valence-corrected chi connectivity index (χ2v) is 5.17. The highest BCUT2D eigenvalue weighted by atomic mass is 32.2. The first kappa shape index (κ1) is 14.3. The van der Waals surface area contributed by atoms with Crippen molar-refractivity contribution in [2.75, 3.05) is 31.3 Å². The maximum absolute atomic E-state index is 11.4. The van der Waals surface area contributed by atoms with Crippen molar-refractivity contribution in [2.24, 2.45) is 11.7 Å². The number of carbonyl (C=O) groups excluding carboxylic acids is 2. The number of primary amides is 1. The van der Waals surface area contributed by atoms with Crippen LogP contribution in [-0.4, -0.2) is 43.1 Å². The monoisotopic (exact) mass is 260 g/mol. The maximum atomic E-state index is 11.4. The normalized spacial score (nSPS) is 19.9. The first-order valence-corrected chi connectivity index (χ1v) is 7.04. The fraction of sp³-hybridized carbons (Fsp3) is 0.818. The highest BCUT2D eigenvalue weighted by Crippen LogP contribution is 2.16. The van der Waals surface area contributed by atoms with E-state index < -0.39 is 0 Å². The molecular weight excluding hydrogens is 240 g/mol. The van der Waals surface area contributed by atoms with Crippen molar-refractivity contribution in [1.29, 1.82) is 0 Å². The van der Waals surface area contributed by atoms with Crippen molar-refractivity contribution in [2.45, 2.75) is 19.3 Å². The number of thioether (sulfide) groups is 1. The quantitative estimate of drug-likeness (QED) is 0.682. The molecule has 0 saturated carbocycles. The lowest BCUT2D eigenvalue weighted by atomic mass is 9.99. The molecule has 0 aromatic rings. The van der Waals surface area contributed by atoms with Crippen molar-refractivity contribution < 1.29 is 14.3 Å². The summed E-state index contributed by atoms with van der Waals surface area (Å²) in [5.74, 6) is 0.644. The van der Waals surface area contributed by atoms with Crippen LogP contribution in [0.3, 0.4) is 0 Å². The van der Waals surface area contributed by atoms with E-state index in [1.54, 1.807) is 0 Å². The zero-order chi connectivity index (χ0) is 12.5. The third-order valence-electron chi connectivity index (χ3n) is 2.61. The lowest BCUT2D eigenvalue weighted by Gasteiger charge is -2.21. The smallest absolute Gasteiger partial charge is 0.230 e. The minimum atomic E-state index is -0.387. The molecule has 0 radical (unpaired) electrons. The summed E-state index contributed by atoms with van der Waals surface area (Å²) in [4.78, 5) is 21.8. The molecule has 3 N–H and O–H groups in total. The number of ether oxygens (including phenoxy) is 1. The zero-order valence-electron chi connectivity index (χ0n) is 9.94. The molecule has 0 bridgehead atoms. The Morgan fingerprint density at radius 1 is 1.41 bits per heavy atom. The van der Waals surface area contributed by atoms with Gasteiger partial charge in [0.05, 0.1) is 11.5 Å². The molecule has 0 aromatic heterocycles. The molecule has 1 heterocycles. The van der Waals surface area contributed by atoms with Gasteiger partial charge in [-0.2, -0.15) is 0 Å².